The molecule has 1 aliphatic heterocycles. The number of nitrogens with zero attached hydrogens (tertiary/aromatic N) is 1. The summed E-state index contributed by atoms with van der Waals surface area (Å²) < 4.78 is 10.7. The minimum absolute atomic E-state index is 0.122. The number of nitrogens with one attached hydrogen (secondary N) is 2. The number of carbonyl (C=O) groups excluding carboxylic acids is 3. The van der Waals surface area contributed by atoms with Gasteiger partial charge in [0.05, 0.1) is 51.2 Å². The minimum atomic E-state index is -1.29. The summed E-state index contributed by atoms with van der Waals surface area (Å²) in [6.45, 7) is 0. The number of methoxy groups -OCH3 is 2. The van der Waals surface area contributed by atoms with Crippen molar-refractivity contribution in [1.29, 1.82) is 5.26 Å². The van der Waals surface area contributed by atoms with Crippen LogP contribution in [0.5, 0.6) is 5.75 Å². The molecule has 0 aromatic heterocycles. The predicted molar refractivity (Wildman–Crippen MR) is 137 cm³/mol. The Kier molecular flexibility index (Phi) is 9.08. The van der Waals surface area contributed by atoms with Gasteiger partial charge in [-0.1, -0.05) is 41.0 Å². The van der Waals surface area contributed by atoms with E-state index < -0.39 is 29.6 Å². The Labute approximate surface area is 224 Å². The topological polar surface area (TPSA) is 118 Å². The van der Waals surface area contributed by atoms with Crippen molar-refractivity contribution in [2.75, 3.05) is 25.3 Å². The van der Waals surface area contributed by atoms with Crippen LogP contribution in [0.1, 0.15) is 11.5 Å². The summed E-state index contributed by atoms with van der Waals surface area (Å²) in [5.41, 5.74) is 1.10. The second-order valence-corrected chi connectivity index (χ2v) is 9.84. The van der Waals surface area contributed by atoms with E-state index in [1.165, 1.54) is 20.3 Å². The highest BCUT2D eigenvalue weighted by Gasteiger charge is 2.44. The van der Waals surface area contributed by atoms with E-state index in [2.05, 4.69) is 32.6 Å². The van der Waals surface area contributed by atoms with Gasteiger partial charge in [-0.3, -0.25) is 14.4 Å². The molecular formula is C23H18BrCl2N3O5S. The van der Waals surface area contributed by atoms with E-state index in [0.29, 0.717) is 26.5 Å². The van der Waals surface area contributed by atoms with Gasteiger partial charge in [0.25, 0.3) is 0 Å². The molecule has 182 valence electrons. The number of hydrogen-bond donors (Lipinski definition) is 2. The molecule has 2 atom stereocenters. The summed E-state index contributed by atoms with van der Waals surface area (Å²) in [6.07, 6.45) is 0. The number of hydrogen-bond acceptors (Lipinski definition) is 7. The lowest BCUT2D eigenvalue weighted by Crippen LogP contribution is -2.44. The zero-order chi connectivity index (χ0) is 25.7. The number of thioether (sulfide) groups is 1. The molecule has 0 unspecified atom stereocenters. The van der Waals surface area contributed by atoms with Crippen molar-refractivity contribution < 1.29 is 23.9 Å². The Hall–Kier alpha value is -2.71. The standard InChI is InChI=1S/C23H18BrCl2N3O5S/c1-33-17-6-3-11(7-14(17)24)19-13(9-27)22(29-21(31)20(19)23(32)34-2)35-10-18(30)28-12-4-5-15(25)16(26)8-12/h3-8,19-20H,10H2,1-2H3,(H,28,30)(H,29,31)/t19-,20+/m0/s1. The number of nitriles is 1. The average Bonchev–Trinajstić information content (AvgIpc) is 2.84. The van der Waals surface area contributed by atoms with E-state index in [9.17, 15) is 19.6 Å². The highest BCUT2D eigenvalue weighted by atomic mass is 79.9. The third-order valence-electron chi connectivity index (χ3n) is 5.07. The first kappa shape index (κ1) is 26.9. The van der Waals surface area contributed by atoms with Crippen molar-refractivity contribution in [3.63, 3.8) is 0 Å². The fraction of sp³-hybridized carbons (Fsp3) is 0.217. The molecule has 2 amide bonds. The molecule has 12 heteroatoms. The molecule has 1 heterocycles. The Bertz CT molecular complexity index is 1260. The van der Waals surface area contributed by atoms with E-state index >= 15 is 0 Å². The highest BCUT2D eigenvalue weighted by molar-refractivity contribution is 9.10. The van der Waals surface area contributed by atoms with Crippen LogP contribution in [0.25, 0.3) is 0 Å². The molecule has 0 saturated carbocycles. The zero-order valence-electron chi connectivity index (χ0n) is 18.4. The Morgan fingerprint density at radius 1 is 1.20 bits per heavy atom. The third-order valence-corrected chi connectivity index (χ3v) is 7.45. The van der Waals surface area contributed by atoms with Crippen LogP contribution >= 0.6 is 50.9 Å². The average molecular weight is 599 g/mol. The van der Waals surface area contributed by atoms with Gasteiger partial charge < -0.3 is 20.1 Å². The molecule has 2 N–H and O–H groups in total. The van der Waals surface area contributed by atoms with E-state index in [4.69, 9.17) is 32.7 Å². The lowest BCUT2D eigenvalue weighted by molar-refractivity contribution is -0.150. The first-order valence-corrected chi connectivity index (χ1v) is 12.5. The quantitative estimate of drug-likeness (QED) is 0.345. The predicted octanol–water partition coefficient (Wildman–Crippen LogP) is 4.87. The molecule has 35 heavy (non-hydrogen) atoms. The molecule has 2 aromatic carbocycles. The first-order chi connectivity index (χ1) is 16.7. The maximum absolute atomic E-state index is 12.9. The first-order valence-electron chi connectivity index (χ1n) is 9.94. The fourth-order valence-corrected chi connectivity index (χ4v) is 5.17. The van der Waals surface area contributed by atoms with Crippen LogP contribution in [-0.2, 0) is 19.1 Å². The van der Waals surface area contributed by atoms with Gasteiger partial charge in [0.15, 0.2) is 0 Å². The number of benzene rings is 2. The number of esters is 1. The van der Waals surface area contributed by atoms with Crippen LogP contribution in [-0.4, -0.2) is 37.8 Å². The van der Waals surface area contributed by atoms with Crippen molar-refractivity contribution in [3.05, 3.63) is 67.1 Å². The molecule has 2 aromatic rings. The maximum Gasteiger partial charge on any atom is 0.319 e. The van der Waals surface area contributed by atoms with E-state index in [1.807, 2.05) is 0 Å². The molecule has 0 spiro atoms. The monoisotopic (exact) mass is 597 g/mol. The Morgan fingerprint density at radius 2 is 1.94 bits per heavy atom. The number of anilines is 1. The SMILES string of the molecule is COC(=O)[C@H]1C(=O)NC(SCC(=O)Nc2ccc(Cl)c(Cl)c2)=C(C#N)[C@@H]1c1ccc(OC)c(Br)c1. The molecule has 0 bridgehead atoms. The fourth-order valence-electron chi connectivity index (χ4n) is 3.46. The van der Waals surface area contributed by atoms with Crippen LogP contribution in [0, 0.1) is 17.2 Å². The van der Waals surface area contributed by atoms with Crippen molar-refractivity contribution in [3.8, 4) is 11.8 Å². The number of rotatable bonds is 7. The van der Waals surface area contributed by atoms with Crippen LogP contribution < -0.4 is 15.4 Å². The Balaban J connectivity index is 1.91. The number of ether oxygens (including phenoxy) is 2. The van der Waals surface area contributed by atoms with Gasteiger partial charge in [-0.25, -0.2) is 0 Å². The van der Waals surface area contributed by atoms with E-state index in [0.717, 1.165) is 11.8 Å². The van der Waals surface area contributed by atoms with Gasteiger partial charge in [0.2, 0.25) is 11.8 Å². The minimum Gasteiger partial charge on any atom is -0.496 e. The third kappa shape index (κ3) is 6.11. The lowest BCUT2D eigenvalue weighted by Gasteiger charge is -2.31. The summed E-state index contributed by atoms with van der Waals surface area (Å²) in [4.78, 5) is 37.9. The molecule has 3 rings (SSSR count). The second-order valence-electron chi connectivity index (χ2n) is 7.18. The van der Waals surface area contributed by atoms with Gasteiger partial charge in [-0.05, 0) is 51.8 Å². The maximum atomic E-state index is 12.9. The van der Waals surface area contributed by atoms with Gasteiger partial charge in [-0.2, -0.15) is 5.26 Å². The molecule has 0 radical (unpaired) electrons. The molecule has 0 fully saturated rings. The molecule has 0 aliphatic carbocycles. The van der Waals surface area contributed by atoms with Gasteiger partial charge in [0, 0.05) is 11.6 Å². The molecule has 8 nitrogen and oxygen atoms in total. The number of carbonyl (C=O) groups is 3. The summed E-state index contributed by atoms with van der Waals surface area (Å²) in [7, 11) is 2.67. The largest absolute Gasteiger partial charge is 0.496 e. The van der Waals surface area contributed by atoms with Gasteiger partial charge in [-0.15, -0.1) is 0 Å². The van der Waals surface area contributed by atoms with E-state index in [-0.39, 0.29) is 21.4 Å². The summed E-state index contributed by atoms with van der Waals surface area (Å²) >= 11 is 16.2. The van der Waals surface area contributed by atoms with Crippen molar-refractivity contribution in [2.24, 2.45) is 5.92 Å². The van der Waals surface area contributed by atoms with Gasteiger partial charge >= 0.3 is 5.97 Å². The molecular weight excluding hydrogens is 581 g/mol. The van der Waals surface area contributed by atoms with Gasteiger partial charge in [0.1, 0.15) is 11.7 Å². The lowest BCUT2D eigenvalue weighted by atomic mass is 9.78. The van der Waals surface area contributed by atoms with Crippen molar-refractivity contribution in [1.82, 2.24) is 5.32 Å². The summed E-state index contributed by atoms with van der Waals surface area (Å²) in [5.74, 6) is -3.61. The number of halogens is 3. The molecule has 1 aliphatic rings. The van der Waals surface area contributed by atoms with E-state index in [1.54, 1.807) is 30.3 Å². The number of amides is 2. The van der Waals surface area contributed by atoms with Crippen molar-refractivity contribution in [2.45, 2.75) is 5.92 Å². The van der Waals surface area contributed by atoms with Crippen LogP contribution in [0.4, 0.5) is 5.69 Å². The summed E-state index contributed by atoms with van der Waals surface area (Å²) in [6, 6.07) is 11.7. The molecule has 0 saturated heterocycles. The van der Waals surface area contributed by atoms with Crippen LogP contribution in [0.3, 0.4) is 0 Å². The summed E-state index contributed by atoms with van der Waals surface area (Å²) in [5, 5.41) is 16.1. The van der Waals surface area contributed by atoms with Crippen LogP contribution in [0.2, 0.25) is 10.0 Å². The normalized spacial score (nSPS) is 17.3. The van der Waals surface area contributed by atoms with Crippen LogP contribution in [0.15, 0.2) is 51.5 Å². The highest BCUT2D eigenvalue weighted by Crippen LogP contribution is 2.42. The van der Waals surface area contributed by atoms with Crippen molar-refractivity contribution >= 4 is 74.4 Å². The zero-order valence-corrected chi connectivity index (χ0v) is 22.3. The second kappa shape index (κ2) is 11.8. The number of allylic oxidation sites excluding steroid dienone is 1. The Morgan fingerprint density at radius 3 is 2.54 bits per heavy atom. The smallest absolute Gasteiger partial charge is 0.319 e.